The molecule has 0 amide bonds. The molecule has 2 nitrogen and oxygen atoms in total. The van der Waals surface area contributed by atoms with Crippen LogP contribution in [0.3, 0.4) is 0 Å². The highest BCUT2D eigenvalue weighted by Gasteiger charge is 1.97. The topological polar surface area (TPSA) is 35.2 Å². The summed E-state index contributed by atoms with van der Waals surface area (Å²) >= 11 is 5.48. The van der Waals surface area contributed by atoms with E-state index in [-0.39, 0.29) is 0 Å². The second kappa shape index (κ2) is 4.77. The number of benzene rings is 1. The number of hydrogen-bond acceptors (Lipinski definition) is 2. The Kier molecular flexibility index (Phi) is 3.65. The predicted molar refractivity (Wildman–Crippen MR) is 56.0 cm³/mol. The number of anilines is 1. The van der Waals surface area contributed by atoms with E-state index in [4.69, 9.17) is 22.1 Å². The van der Waals surface area contributed by atoms with E-state index in [1.54, 1.807) is 6.07 Å². The predicted octanol–water partition coefficient (Wildman–Crippen LogP) is 2.79. The molecule has 1 aromatic rings. The van der Waals surface area contributed by atoms with Gasteiger partial charge < -0.3 is 10.5 Å². The molecule has 0 aromatic heterocycles. The molecule has 0 fully saturated rings. The van der Waals surface area contributed by atoms with Gasteiger partial charge >= 0.3 is 0 Å². The lowest BCUT2D eigenvalue weighted by Gasteiger charge is -2.07. The van der Waals surface area contributed by atoms with Gasteiger partial charge in [-0.2, -0.15) is 0 Å². The largest absolute Gasteiger partial charge is 0.487 e. The van der Waals surface area contributed by atoms with Gasteiger partial charge in [0.2, 0.25) is 0 Å². The van der Waals surface area contributed by atoms with E-state index in [0.717, 1.165) is 5.57 Å². The first-order valence-corrected chi connectivity index (χ1v) is 4.41. The molecule has 70 valence electrons. The highest BCUT2D eigenvalue weighted by atomic mass is 35.5. The molecule has 0 spiro atoms. The van der Waals surface area contributed by atoms with Crippen LogP contribution in [0.2, 0.25) is 0 Å². The van der Waals surface area contributed by atoms with Crippen LogP contribution in [-0.4, -0.2) is 6.61 Å². The van der Waals surface area contributed by atoms with Gasteiger partial charge in [0.1, 0.15) is 12.4 Å². The maximum atomic E-state index is 5.67. The summed E-state index contributed by atoms with van der Waals surface area (Å²) in [5, 5.41) is 0. The summed E-state index contributed by atoms with van der Waals surface area (Å²) in [5.41, 5.74) is 8.78. The molecule has 0 aliphatic carbocycles. The number of ether oxygens (including phenoxy) is 1. The van der Waals surface area contributed by atoms with Crippen molar-refractivity contribution in [1.82, 2.24) is 0 Å². The van der Waals surface area contributed by atoms with E-state index in [0.29, 0.717) is 18.0 Å². The zero-order chi connectivity index (χ0) is 9.68. The third kappa shape index (κ3) is 2.99. The number of hydrogen-bond donors (Lipinski definition) is 1. The van der Waals surface area contributed by atoms with Crippen LogP contribution in [-0.2, 0) is 0 Å². The summed E-state index contributed by atoms with van der Waals surface area (Å²) in [6.07, 6.45) is 0. The summed E-state index contributed by atoms with van der Waals surface area (Å²) in [5.74, 6) is 0.695. The van der Waals surface area contributed by atoms with E-state index in [1.165, 1.54) is 5.54 Å². The molecule has 0 heterocycles. The van der Waals surface area contributed by atoms with Gasteiger partial charge in [-0.1, -0.05) is 23.7 Å². The van der Waals surface area contributed by atoms with Crippen LogP contribution < -0.4 is 10.5 Å². The molecule has 0 unspecified atom stereocenters. The average molecular weight is 198 g/mol. The van der Waals surface area contributed by atoms with E-state index >= 15 is 0 Å². The number of para-hydroxylation sites is 2. The summed E-state index contributed by atoms with van der Waals surface area (Å²) in [6.45, 7) is 2.36. The number of rotatable bonds is 3. The molecular formula is C10H12ClNO. The van der Waals surface area contributed by atoms with Crippen LogP contribution in [0.4, 0.5) is 5.69 Å². The van der Waals surface area contributed by atoms with Gasteiger partial charge in [-0.25, -0.2) is 0 Å². The van der Waals surface area contributed by atoms with Gasteiger partial charge in [0.15, 0.2) is 0 Å². The van der Waals surface area contributed by atoms with E-state index in [1.807, 2.05) is 25.1 Å². The number of nitrogens with two attached hydrogens (primary N) is 1. The third-order valence-electron chi connectivity index (χ3n) is 1.56. The molecule has 0 radical (unpaired) electrons. The molecule has 13 heavy (non-hydrogen) atoms. The van der Waals surface area contributed by atoms with Crippen molar-refractivity contribution >= 4 is 17.3 Å². The first-order chi connectivity index (χ1) is 6.24. The molecule has 0 atom stereocenters. The van der Waals surface area contributed by atoms with Crippen molar-refractivity contribution in [3.8, 4) is 5.75 Å². The van der Waals surface area contributed by atoms with Crippen molar-refractivity contribution in [2.24, 2.45) is 0 Å². The highest BCUT2D eigenvalue weighted by Crippen LogP contribution is 2.20. The normalized spacial score (nSPS) is 11.4. The maximum Gasteiger partial charge on any atom is 0.142 e. The summed E-state index contributed by atoms with van der Waals surface area (Å²) in [4.78, 5) is 0. The Hall–Kier alpha value is -1.15. The zero-order valence-electron chi connectivity index (χ0n) is 7.46. The number of nitrogen functional groups attached to an aromatic ring is 1. The van der Waals surface area contributed by atoms with Crippen LogP contribution in [0.5, 0.6) is 5.75 Å². The lowest BCUT2D eigenvalue weighted by molar-refractivity contribution is 0.354. The Morgan fingerprint density at radius 3 is 2.85 bits per heavy atom. The summed E-state index contributed by atoms with van der Waals surface area (Å²) in [6, 6.07) is 7.38. The molecule has 0 saturated carbocycles. The first-order valence-electron chi connectivity index (χ1n) is 3.97. The molecule has 1 aromatic carbocycles. The molecule has 2 N–H and O–H groups in total. The van der Waals surface area contributed by atoms with E-state index < -0.39 is 0 Å². The van der Waals surface area contributed by atoms with Crippen LogP contribution in [0.15, 0.2) is 35.4 Å². The molecule has 0 saturated heterocycles. The van der Waals surface area contributed by atoms with Crippen LogP contribution in [0, 0.1) is 0 Å². The smallest absolute Gasteiger partial charge is 0.142 e. The minimum atomic E-state index is 0.470. The second-order valence-corrected chi connectivity index (χ2v) is 3.00. The van der Waals surface area contributed by atoms with Gasteiger partial charge in [-0.05, 0) is 24.6 Å². The minimum absolute atomic E-state index is 0.470. The SMILES string of the molecule is C/C(=C/Cl)COc1ccccc1N. The fourth-order valence-corrected chi connectivity index (χ4v) is 0.898. The fraction of sp³-hybridized carbons (Fsp3) is 0.200. The van der Waals surface area contributed by atoms with Gasteiger partial charge in [0.05, 0.1) is 5.69 Å². The Morgan fingerprint density at radius 2 is 2.23 bits per heavy atom. The average Bonchev–Trinajstić information content (AvgIpc) is 2.16. The summed E-state index contributed by atoms with van der Waals surface area (Å²) in [7, 11) is 0. The zero-order valence-corrected chi connectivity index (χ0v) is 8.21. The van der Waals surface area contributed by atoms with Crippen molar-refractivity contribution in [2.45, 2.75) is 6.92 Å². The van der Waals surface area contributed by atoms with Gasteiger partial charge in [0, 0.05) is 5.54 Å². The monoisotopic (exact) mass is 197 g/mol. The van der Waals surface area contributed by atoms with E-state index in [2.05, 4.69) is 0 Å². The van der Waals surface area contributed by atoms with Crippen molar-refractivity contribution in [1.29, 1.82) is 0 Å². The Balaban J connectivity index is 2.60. The van der Waals surface area contributed by atoms with Crippen molar-refractivity contribution in [3.05, 3.63) is 35.4 Å². The van der Waals surface area contributed by atoms with Gasteiger partial charge in [0.25, 0.3) is 0 Å². The fourth-order valence-electron chi connectivity index (χ4n) is 0.835. The molecule has 3 heteroatoms. The van der Waals surface area contributed by atoms with Crippen LogP contribution >= 0.6 is 11.6 Å². The molecule has 0 aliphatic heterocycles. The van der Waals surface area contributed by atoms with Gasteiger partial charge in [-0.15, -0.1) is 0 Å². The lowest BCUT2D eigenvalue weighted by Crippen LogP contribution is -2.00. The van der Waals surface area contributed by atoms with Crippen LogP contribution in [0.1, 0.15) is 6.92 Å². The maximum absolute atomic E-state index is 5.67. The quantitative estimate of drug-likeness (QED) is 0.757. The highest BCUT2D eigenvalue weighted by molar-refractivity contribution is 6.25. The number of halogens is 1. The minimum Gasteiger partial charge on any atom is -0.487 e. The summed E-state index contributed by atoms with van der Waals surface area (Å²) < 4.78 is 5.41. The van der Waals surface area contributed by atoms with Crippen molar-refractivity contribution in [3.63, 3.8) is 0 Å². The third-order valence-corrected chi connectivity index (χ3v) is 1.93. The van der Waals surface area contributed by atoms with Crippen molar-refractivity contribution < 1.29 is 4.74 Å². The van der Waals surface area contributed by atoms with E-state index in [9.17, 15) is 0 Å². The Morgan fingerprint density at radius 1 is 1.54 bits per heavy atom. The standard InChI is InChI=1S/C10H12ClNO/c1-8(6-11)7-13-10-5-3-2-4-9(10)12/h2-6H,7,12H2,1H3/b8-6-. The van der Waals surface area contributed by atoms with Crippen molar-refractivity contribution in [2.75, 3.05) is 12.3 Å². The van der Waals surface area contributed by atoms with Gasteiger partial charge in [-0.3, -0.25) is 0 Å². The lowest BCUT2D eigenvalue weighted by atomic mass is 10.3. The Bertz CT molecular complexity index is 310. The molecule has 0 aliphatic rings. The first kappa shape index (κ1) is 9.93. The Labute approximate surface area is 83.0 Å². The second-order valence-electron chi connectivity index (χ2n) is 2.78. The van der Waals surface area contributed by atoms with Crippen LogP contribution in [0.25, 0.3) is 0 Å². The molecular weight excluding hydrogens is 186 g/mol. The molecule has 1 rings (SSSR count). The molecule has 0 bridgehead atoms.